The molecule has 1 rings (SSSR count). The predicted octanol–water partition coefficient (Wildman–Crippen LogP) is 0.291. The van der Waals surface area contributed by atoms with Crippen molar-refractivity contribution in [1.29, 1.82) is 0 Å². The lowest BCUT2D eigenvalue weighted by Gasteiger charge is -2.22. The minimum absolute atomic E-state index is 0.143. The summed E-state index contributed by atoms with van der Waals surface area (Å²) in [5, 5.41) is 12.0. The highest BCUT2D eigenvalue weighted by atomic mass is 16.3. The third-order valence-corrected chi connectivity index (χ3v) is 3.82. The van der Waals surface area contributed by atoms with Crippen molar-refractivity contribution in [3.63, 3.8) is 0 Å². The summed E-state index contributed by atoms with van der Waals surface area (Å²) in [4.78, 5) is 16.4. The van der Waals surface area contributed by atoms with Gasteiger partial charge in [0.05, 0.1) is 13.2 Å². The first kappa shape index (κ1) is 16.4. The molecule has 0 unspecified atom stereocenters. The van der Waals surface area contributed by atoms with Gasteiger partial charge in [0.15, 0.2) is 0 Å². The normalized spacial score (nSPS) is 18.5. The molecule has 5 heteroatoms. The number of rotatable bonds is 7. The summed E-state index contributed by atoms with van der Waals surface area (Å²) in [6.07, 6.45) is 3.05. The van der Waals surface area contributed by atoms with E-state index in [0.29, 0.717) is 12.6 Å². The second-order valence-corrected chi connectivity index (χ2v) is 5.28. The second kappa shape index (κ2) is 9.28. The van der Waals surface area contributed by atoms with Gasteiger partial charge in [-0.25, -0.2) is 0 Å². The molecule has 0 aromatic carbocycles. The van der Waals surface area contributed by atoms with Crippen LogP contribution < -0.4 is 5.32 Å². The zero-order chi connectivity index (χ0) is 14.1. The van der Waals surface area contributed by atoms with E-state index < -0.39 is 0 Å². The van der Waals surface area contributed by atoms with E-state index in [-0.39, 0.29) is 12.5 Å². The largest absolute Gasteiger partial charge is 0.395 e. The van der Waals surface area contributed by atoms with Crippen molar-refractivity contribution in [3.05, 3.63) is 0 Å². The van der Waals surface area contributed by atoms with E-state index in [4.69, 9.17) is 5.11 Å². The first-order valence-electron chi connectivity index (χ1n) is 7.54. The number of carbonyl (C=O) groups is 1. The summed E-state index contributed by atoms with van der Waals surface area (Å²) in [5.41, 5.74) is 0. The monoisotopic (exact) mass is 271 g/mol. The van der Waals surface area contributed by atoms with Crippen molar-refractivity contribution in [2.24, 2.45) is 0 Å². The third kappa shape index (κ3) is 6.36. The van der Waals surface area contributed by atoms with Crippen LogP contribution in [0.3, 0.4) is 0 Å². The molecule has 0 bridgehead atoms. The Morgan fingerprint density at radius 3 is 2.42 bits per heavy atom. The molecular weight excluding hydrogens is 242 g/mol. The summed E-state index contributed by atoms with van der Waals surface area (Å²) in [7, 11) is 0. The van der Waals surface area contributed by atoms with Gasteiger partial charge in [0.25, 0.3) is 0 Å². The van der Waals surface area contributed by atoms with E-state index in [1.807, 2.05) is 0 Å². The van der Waals surface area contributed by atoms with E-state index in [1.54, 1.807) is 0 Å². The Balaban J connectivity index is 2.30. The Hall–Kier alpha value is -0.650. The van der Waals surface area contributed by atoms with Gasteiger partial charge in [0, 0.05) is 25.7 Å². The molecule has 1 heterocycles. The SMILES string of the molecule is CCC(CC)NC(=O)CN1CCCN(CCO)CC1. The number of aliphatic hydroxyl groups excluding tert-OH is 1. The average molecular weight is 271 g/mol. The predicted molar refractivity (Wildman–Crippen MR) is 77.1 cm³/mol. The molecule has 1 fully saturated rings. The molecule has 2 N–H and O–H groups in total. The molecule has 1 amide bonds. The Kier molecular flexibility index (Phi) is 8.02. The first-order valence-corrected chi connectivity index (χ1v) is 7.54. The zero-order valence-electron chi connectivity index (χ0n) is 12.4. The van der Waals surface area contributed by atoms with E-state index in [2.05, 4.69) is 29.0 Å². The highest BCUT2D eigenvalue weighted by Crippen LogP contribution is 2.03. The summed E-state index contributed by atoms with van der Waals surface area (Å²) < 4.78 is 0. The lowest BCUT2D eigenvalue weighted by atomic mass is 10.2. The van der Waals surface area contributed by atoms with Gasteiger partial charge in [-0.05, 0) is 32.4 Å². The Morgan fingerprint density at radius 1 is 1.16 bits per heavy atom. The smallest absolute Gasteiger partial charge is 0.234 e. The van der Waals surface area contributed by atoms with Gasteiger partial charge in [0.2, 0.25) is 5.91 Å². The molecule has 0 aromatic heterocycles. The van der Waals surface area contributed by atoms with Gasteiger partial charge in [-0.3, -0.25) is 14.6 Å². The topological polar surface area (TPSA) is 55.8 Å². The summed E-state index contributed by atoms with van der Waals surface area (Å²) in [5.74, 6) is 0.143. The highest BCUT2D eigenvalue weighted by molar-refractivity contribution is 5.78. The van der Waals surface area contributed by atoms with Gasteiger partial charge in [-0.1, -0.05) is 13.8 Å². The minimum atomic E-state index is 0.143. The van der Waals surface area contributed by atoms with Crippen LogP contribution in [0, 0.1) is 0 Å². The van der Waals surface area contributed by atoms with Crippen LogP contribution in [0.1, 0.15) is 33.1 Å². The van der Waals surface area contributed by atoms with Gasteiger partial charge in [-0.15, -0.1) is 0 Å². The number of hydrogen-bond donors (Lipinski definition) is 2. The fourth-order valence-corrected chi connectivity index (χ4v) is 2.52. The maximum Gasteiger partial charge on any atom is 0.234 e. The maximum atomic E-state index is 12.0. The maximum absolute atomic E-state index is 12.0. The molecule has 0 aromatic rings. The van der Waals surface area contributed by atoms with Crippen LogP contribution >= 0.6 is 0 Å². The highest BCUT2D eigenvalue weighted by Gasteiger charge is 2.17. The molecule has 112 valence electrons. The van der Waals surface area contributed by atoms with E-state index in [9.17, 15) is 4.79 Å². The van der Waals surface area contributed by atoms with Crippen LogP contribution in [0.5, 0.6) is 0 Å². The number of aliphatic hydroxyl groups is 1. The minimum Gasteiger partial charge on any atom is -0.395 e. The molecule has 1 saturated heterocycles. The van der Waals surface area contributed by atoms with E-state index >= 15 is 0 Å². The fraction of sp³-hybridized carbons (Fsp3) is 0.929. The molecule has 0 saturated carbocycles. The van der Waals surface area contributed by atoms with Crippen LogP contribution in [-0.4, -0.2) is 72.7 Å². The average Bonchev–Trinajstić information content (AvgIpc) is 2.62. The van der Waals surface area contributed by atoms with Gasteiger partial charge >= 0.3 is 0 Å². The van der Waals surface area contributed by atoms with E-state index in [0.717, 1.165) is 52.0 Å². The zero-order valence-corrected chi connectivity index (χ0v) is 12.4. The first-order chi connectivity index (χ1) is 9.19. The second-order valence-electron chi connectivity index (χ2n) is 5.28. The number of nitrogens with zero attached hydrogens (tertiary/aromatic N) is 2. The molecule has 5 nitrogen and oxygen atoms in total. The number of carbonyl (C=O) groups excluding carboxylic acids is 1. The van der Waals surface area contributed by atoms with Crippen LogP contribution in [0.15, 0.2) is 0 Å². The quantitative estimate of drug-likeness (QED) is 0.699. The molecule has 0 radical (unpaired) electrons. The lowest BCUT2D eigenvalue weighted by Crippen LogP contribution is -2.43. The fourth-order valence-electron chi connectivity index (χ4n) is 2.52. The van der Waals surface area contributed by atoms with Crippen LogP contribution in [0.2, 0.25) is 0 Å². The standard InChI is InChI=1S/C14H29N3O2/c1-3-13(4-2)15-14(19)12-17-7-5-6-16(8-9-17)10-11-18/h13,18H,3-12H2,1-2H3,(H,15,19). The van der Waals surface area contributed by atoms with Crippen molar-refractivity contribution < 1.29 is 9.90 Å². The van der Waals surface area contributed by atoms with Crippen molar-refractivity contribution in [3.8, 4) is 0 Å². The van der Waals surface area contributed by atoms with Crippen molar-refractivity contribution >= 4 is 5.91 Å². The molecule has 0 spiro atoms. The summed E-state index contributed by atoms with van der Waals surface area (Å²) in [6.45, 7) is 9.52. The number of hydrogen-bond acceptors (Lipinski definition) is 4. The molecule has 1 aliphatic heterocycles. The Bertz CT molecular complexity index is 257. The van der Waals surface area contributed by atoms with Crippen molar-refractivity contribution in [1.82, 2.24) is 15.1 Å². The molecule has 1 aliphatic rings. The summed E-state index contributed by atoms with van der Waals surface area (Å²) >= 11 is 0. The number of β-amino-alcohol motifs (C(OH)–C–C–N with tert-alkyl or cyclic N) is 1. The number of amides is 1. The van der Waals surface area contributed by atoms with Gasteiger partial charge < -0.3 is 10.4 Å². The van der Waals surface area contributed by atoms with Gasteiger partial charge in [-0.2, -0.15) is 0 Å². The van der Waals surface area contributed by atoms with Gasteiger partial charge in [0.1, 0.15) is 0 Å². The third-order valence-electron chi connectivity index (χ3n) is 3.82. The Morgan fingerprint density at radius 2 is 1.79 bits per heavy atom. The lowest BCUT2D eigenvalue weighted by molar-refractivity contribution is -0.123. The molecular formula is C14H29N3O2. The van der Waals surface area contributed by atoms with Crippen molar-refractivity contribution in [2.45, 2.75) is 39.2 Å². The van der Waals surface area contributed by atoms with Crippen LogP contribution in [0.25, 0.3) is 0 Å². The van der Waals surface area contributed by atoms with Crippen LogP contribution in [0.4, 0.5) is 0 Å². The van der Waals surface area contributed by atoms with E-state index in [1.165, 1.54) is 0 Å². The Labute approximate surface area is 117 Å². The molecule has 0 aliphatic carbocycles. The van der Waals surface area contributed by atoms with Crippen LogP contribution in [-0.2, 0) is 4.79 Å². The molecule has 19 heavy (non-hydrogen) atoms. The number of nitrogens with one attached hydrogen (secondary N) is 1. The molecule has 0 atom stereocenters. The van der Waals surface area contributed by atoms with Crippen molar-refractivity contribution in [2.75, 3.05) is 45.9 Å². The summed E-state index contributed by atoms with van der Waals surface area (Å²) in [6, 6.07) is 0.311.